The molecule has 0 aromatic carbocycles. The molecular weight excluding hydrogens is 202 g/mol. The highest BCUT2D eigenvalue weighted by Crippen LogP contribution is 2.36. The first-order valence-corrected chi connectivity index (χ1v) is 6.74. The molecule has 1 aliphatic heterocycles. The molecule has 0 bridgehead atoms. The normalized spacial score (nSPS) is 27.4. The maximum Gasteiger partial charge on any atom is 0.0876 e. The summed E-state index contributed by atoms with van der Waals surface area (Å²) in [5, 5.41) is 0. The van der Waals surface area contributed by atoms with Crippen molar-refractivity contribution in [2.75, 3.05) is 19.8 Å². The van der Waals surface area contributed by atoms with Crippen molar-refractivity contribution in [3.05, 3.63) is 0 Å². The molecule has 3 nitrogen and oxygen atoms in total. The lowest BCUT2D eigenvalue weighted by atomic mass is 9.75. The number of hydrogen-bond donors (Lipinski definition) is 1. The summed E-state index contributed by atoms with van der Waals surface area (Å²) in [5.41, 5.74) is 6.30. The largest absolute Gasteiger partial charge is 0.381 e. The third-order valence-electron chi connectivity index (χ3n) is 4.26. The number of ether oxygens (including phenoxy) is 2. The Labute approximate surface area is 98.7 Å². The third kappa shape index (κ3) is 2.58. The van der Waals surface area contributed by atoms with Crippen molar-refractivity contribution in [2.24, 2.45) is 11.7 Å². The van der Waals surface area contributed by atoms with Crippen LogP contribution in [0.2, 0.25) is 0 Å². The Morgan fingerprint density at radius 2 is 2.06 bits per heavy atom. The van der Waals surface area contributed by atoms with Crippen molar-refractivity contribution in [3.8, 4) is 0 Å². The lowest BCUT2D eigenvalue weighted by Crippen LogP contribution is -2.54. The molecule has 0 spiro atoms. The van der Waals surface area contributed by atoms with E-state index < -0.39 is 0 Å². The molecule has 1 aliphatic carbocycles. The van der Waals surface area contributed by atoms with Crippen LogP contribution in [0.3, 0.4) is 0 Å². The second kappa shape index (κ2) is 5.48. The minimum atomic E-state index is -0.0947. The van der Waals surface area contributed by atoms with Gasteiger partial charge in [0.25, 0.3) is 0 Å². The minimum absolute atomic E-state index is 0.0947. The molecule has 2 N–H and O–H groups in total. The molecule has 2 rings (SSSR count). The fourth-order valence-corrected chi connectivity index (χ4v) is 2.93. The van der Waals surface area contributed by atoms with Crippen LogP contribution in [0, 0.1) is 5.92 Å². The molecule has 0 aromatic rings. The molecule has 1 unspecified atom stereocenters. The van der Waals surface area contributed by atoms with Gasteiger partial charge in [-0.15, -0.1) is 0 Å². The standard InChI is InChI=1S/C13H25NO2/c1-2-16-13(6-8-15-9-7-13)12(14)10-11-4-3-5-11/h11-12H,2-10,14H2,1H3. The summed E-state index contributed by atoms with van der Waals surface area (Å²) < 4.78 is 11.4. The molecule has 1 atom stereocenters. The van der Waals surface area contributed by atoms with E-state index in [2.05, 4.69) is 6.92 Å². The first kappa shape index (κ1) is 12.3. The zero-order valence-corrected chi connectivity index (χ0v) is 10.4. The van der Waals surface area contributed by atoms with Crippen LogP contribution in [0.1, 0.15) is 45.4 Å². The van der Waals surface area contributed by atoms with Gasteiger partial charge in [-0.1, -0.05) is 19.3 Å². The van der Waals surface area contributed by atoms with E-state index in [9.17, 15) is 0 Å². The van der Waals surface area contributed by atoms with Gasteiger partial charge in [-0.05, 0) is 19.3 Å². The molecular formula is C13H25NO2. The molecule has 1 saturated carbocycles. The van der Waals surface area contributed by atoms with Crippen molar-refractivity contribution < 1.29 is 9.47 Å². The second-order valence-corrected chi connectivity index (χ2v) is 5.25. The summed E-state index contributed by atoms with van der Waals surface area (Å²) in [4.78, 5) is 0. The maximum atomic E-state index is 6.40. The lowest BCUT2D eigenvalue weighted by molar-refractivity contribution is -0.124. The monoisotopic (exact) mass is 227 g/mol. The molecule has 0 radical (unpaired) electrons. The number of nitrogens with two attached hydrogens (primary N) is 1. The van der Waals surface area contributed by atoms with Crippen LogP contribution in [-0.2, 0) is 9.47 Å². The van der Waals surface area contributed by atoms with Crippen LogP contribution in [-0.4, -0.2) is 31.5 Å². The number of rotatable bonds is 5. The van der Waals surface area contributed by atoms with Gasteiger partial charge in [0, 0.05) is 38.7 Å². The van der Waals surface area contributed by atoms with Crippen molar-refractivity contribution in [1.82, 2.24) is 0 Å². The lowest BCUT2D eigenvalue weighted by Gasteiger charge is -2.43. The highest BCUT2D eigenvalue weighted by Gasteiger charge is 2.40. The molecule has 3 heteroatoms. The Morgan fingerprint density at radius 1 is 1.38 bits per heavy atom. The highest BCUT2D eigenvalue weighted by molar-refractivity contribution is 4.95. The SMILES string of the molecule is CCOC1(C(N)CC2CCC2)CCOCC1. The predicted octanol–water partition coefficient (Wildman–Crippen LogP) is 2.09. The molecule has 0 aromatic heterocycles. The first-order chi connectivity index (χ1) is 7.77. The van der Waals surface area contributed by atoms with Crippen molar-refractivity contribution in [2.45, 2.75) is 57.1 Å². The Hall–Kier alpha value is -0.120. The quantitative estimate of drug-likeness (QED) is 0.782. The summed E-state index contributed by atoms with van der Waals surface area (Å²) >= 11 is 0. The summed E-state index contributed by atoms with van der Waals surface area (Å²) in [6.07, 6.45) is 7.20. The summed E-state index contributed by atoms with van der Waals surface area (Å²) in [7, 11) is 0. The summed E-state index contributed by atoms with van der Waals surface area (Å²) in [6, 6.07) is 0.196. The van der Waals surface area contributed by atoms with Gasteiger partial charge in [0.2, 0.25) is 0 Å². The van der Waals surface area contributed by atoms with E-state index in [4.69, 9.17) is 15.2 Å². The Bertz CT molecular complexity index is 204. The zero-order valence-electron chi connectivity index (χ0n) is 10.4. The average Bonchev–Trinajstić information content (AvgIpc) is 2.25. The Balaban J connectivity index is 1.92. The van der Waals surface area contributed by atoms with Crippen molar-refractivity contribution >= 4 is 0 Å². The van der Waals surface area contributed by atoms with Crippen molar-refractivity contribution in [3.63, 3.8) is 0 Å². The van der Waals surface area contributed by atoms with Crippen LogP contribution in [0.5, 0.6) is 0 Å². The van der Waals surface area contributed by atoms with E-state index in [0.717, 1.165) is 45.0 Å². The van der Waals surface area contributed by atoms with E-state index in [1.807, 2.05) is 0 Å². The summed E-state index contributed by atoms with van der Waals surface area (Å²) in [5.74, 6) is 0.857. The van der Waals surface area contributed by atoms with E-state index in [-0.39, 0.29) is 11.6 Å². The molecule has 16 heavy (non-hydrogen) atoms. The van der Waals surface area contributed by atoms with Crippen molar-refractivity contribution in [1.29, 1.82) is 0 Å². The van der Waals surface area contributed by atoms with Crippen LogP contribution in [0.25, 0.3) is 0 Å². The smallest absolute Gasteiger partial charge is 0.0876 e. The van der Waals surface area contributed by atoms with Gasteiger partial charge in [0.15, 0.2) is 0 Å². The fourth-order valence-electron chi connectivity index (χ4n) is 2.93. The van der Waals surface area contributed by atoms with Gasteiger partial charge in [0.05, 0.1) is 5.60 Å². The fraction of sp³-hybridized carbons (Fsp3) is 1.00. The van der Waals surface area contributed by atoms with E-state index in [1.165, 1.54) is 19.3 Å². The van der Waals surface area contributed by atoms with Crippen LogP contribution >= 0.6 is 0 Å². The Kier molecular flexibility index (Phi) is 4.22. The van der Waals surface area contributed by atoms with Crippen LogP contribution in [0.4, 0.5) is 0 Å². The maximum absolute atomic E-state index is 6.40. The molecule has 2 aliphatic rings. The zero-order chi connectivity index (χ0) is 11.4. The third-order valence-corrected chi connectivity index (χ3v) is 4.26. The van der Waals surface area contributed by atoms with Gasteiger partial charge in [-0.2, -0.15) is 0 Å². The average molecular weight is 227 g/mol. The van der Waals surface area contributed by atoms with Gasteiger partial charge < -0.3 is 15.2 Å². The second-order valence-electron chi connectivity index (χ2n) is 5.25. The predicted molar refractivity (Wildman–Crippen MR) is 64.3 cm³/mol. The van der Waals surface area contributed by atoms with E-state index >= 15 is 0 Å². The summed E-state index contributed by atoms with van der Waals surface area (Å²) in [6.45, 7) is 4.43. The molecule has 2 fully saturated rings. The van der Waals surface area contributed by atoms with Crippen LogP contribution in [0.15, 0.2) is 0 Å². The van der Waals surface area contributed by atoms with Gasteiger partial charge >= 0.3 is 0 Å². The van der Waals surface area contributed by atoms with E-state index in [0.29, 0.717) is 0 Å². The van der Waals surface area contributed by atoms with Gasteiger partial charge in [0.1, 0.15) is 0 Å². The highest BCUT2D eigenvalue weighted by atomic mass is 16.5. The first-order valence-electron chi connectivity index (χ1n) is 6.74. The topological polar surface area (TPSA) is 44.5 Å². The molecule has 94 valence electrons. The van der Waals surface area contributed by atoms with Crippen LogP contribution < -0.4 is 5.73 Å². The molecule has 1 heterocycles. The molecule has 1 saturated heterocycles. The molecule has 0 amide bonds. The van der Waals surface area contributed by atoms with Gasteiger partial charge in [-0.25, -0.2) is 0 Å². The van der Waals surface area contributed by atoms with Gasteiger partial charge in [-0.3, -0.25) is 0 Å². The number of hydrogen-bond acceptors (Lipinski definition) is 3. The Morgan fingerprint density at radius 3 is 2.56 bits per heavy atom. The minimum Gasteiger partial charge on any atom is -0.381 e. The van der Waals surface area contributed by atoms with E-state index in [1.54, 1.807) is 0 Å².